The normalized spacial score (nSPS) is 10.3. The molecule has 19 heavy (non-hydrogen) atoms. The highest BCUT2D eigenvalue weighted by Gasteiger charge is 2.05. The molecule has 4 nitrogen and oxygen atoms in total. The molecule has 0 unspecified atom stereocenters. The lowest BCUT2D eigenvalue weighted by Crippen LogP contribution is -2.28. The molecule has 0 bridgehead atoms. The molecule has 1 amide bonds. The number of ether oxygens (including phenoxy) is 1. The first kappa shape index (κ1) is 15.5. The third-order valence-corrected chi connectivity index (χ3v) is 3.02. The zero-order chi connectivity index (χ0) is 14.1. The number of aryl methyl sites for hydroxylation is 2. The van der Waals surface area contributed by atoms with Crippen molar-refractivity contribution >= 4 is 11.6 Å². The molecule has 0 radical (unpaired) electrons. The Bertz CT molecular complexity index is 405. The minimum absolute atomic E-state index is 0.0520. The van der Waals surface area contributed by atoms with Crippen molar-refractivity contribution in [3.8, 4) is 0 Å². The smallest absolute Gasteiger partial charge is 0.221 e. The van der Waals surface area contributed by atoms with E-state index < -0.39 is 0 Å². The first-order valence-electron chi connectivity index (χ1n) is 6.77. The average Bonchev–Trinajstić information content (AvgIpc) is 2.41. The van der Waals surface area contributed by atoms with Crippen LogP contribution in [0, 0.1) is 6.92 Å². The molecule has 0 spiro atoms. The van der Waals surface area contributed by atoms with Gasteiger partial charge in [-0.25, -0.2) is 0 Å². The number of nitrogens with one attached hydrogen (secondary N) is 2. The van der Waals surface area contributed by atoms with Gasteiger partial charge in [0, 0.05) is 32.3 Å². The predicted molar refractivity (Wildman–Crippen MR) is 78.5 cm³/mol. The summed E-state index contributed by atoms with van der Waals surface area (Å²) in [7, 11) is 1.62. The summed E-state index contributed by atoms with van der Waals surface area (Å²) in [5.41, 5.74) is 3.67. The van der Waals surface area contributed by atoms with E-state index in [0.717, 1.165) is 12.1 Å². The average molecular weight is 264 g/mol. The summed E-state index contributed by atoms with van der Waals surface area (Å²) in [6.07, 6.45) is 1.46. The molecule has 0 saturated carbocycles. The Morgan fingerprint density at radius 3 is 2.79 bits per heavy atom. The van der Waals surface area contributed by atoms with Crippen LogP contribution in [0.2, 0.25) is 0 Å². The molecular formula is C15H24N2O2. The Labute approximate surface area is 115 Å². The highest BCUT2D eigenvalue weighted by atomic mass is 16.5. The van der Waals surface area contributed by atoms with Crippen molar-refractivity contribution < 1.29 is 9.53 Å². The van der Waals surface area contributed by atoms with Gasteiger partial charge < -0.3 is 15.4 Å². The highest BCUT2D eigenvalue weighted by Crippen LogP contribution is 2.20. The van der Waals surface area contributed by atoms with Gasteiger partial charge in [-0.2, -0.15) is 0 Å². The highest BCUT2D eigenvalue weighted by molar-refractivity contribution is 5.76. The largest absolute Gasteiger partial charge is 0.384 e. The Kier molecular flexibility index (Phi) is 6.97. The monoisotopic (exact) mass is 264 g/mol. The number of benzene rings is 1. The molecule has 0 aliphatic rings. The first-order valence-corrected chi connectivity index (χ1v) is 6.77. The number of carbonyl (C=O) groups is 1. The number of methoxy groups -OCH3 is 1. The van der Waals surface area contributed by atoms with Gasteiger partial charge in [-0.1, -0.05) is 25.1 Å². The maximum Gasteiger partial charge on any atom is 0.221 e. The lowest BCUT2D eigenvalue weighted by Gasteiger charge is -2.13. The quantitative estimate of drug-likeness (QED) is 0.707. The molecule has 0 aliphatic heterocycles. The molecular weight excluding hydrogens is 240 g/mol. The second kappa shape index (κ2) is 8.53. The van der Waals surface area contributed by atoms with E-state index in [1.165, 1.54) is 11.1 Å². The van der Waals surface area contributed by atoms with Gasteiger partial charge in [-0.3, -0.25) is 4.79 Å². The fourth-order valence-electron chi connectivity index (χ4n) is 1.96. The van der Waals surface area contributed by atoms with Gasteiger partial charge in [-0.15, -0.1) is 0 Å². The number of carbonyl (C=O) groups excluding carboxylic acids is 1. The molecule has 0 saturated heterocycles. The number of amides is 1. The van der Waals surface area contributed by atoms with Crippen LogP contribution in [-0.4, -0.2) is 32.7 Å². The molecule has 1 aromatic carbocycles. The zero-order valence-electron chi connectivity index (χ0n) is 12.1. The number of rotatable bonds is 8. The number of hydrogen-bond donors (Lipinski definition) is 2. The van der Waals surface area contributed by atoms with Gasteiger partial charge in [0.15, 0.2) is 0 Å². The minimum Gasteiger partial charge on any atom is -0.384 e. The second-order valence-electron chi connectivity index (χ2n) is 4.48. The molecule has 0 heterocycles. The van der Waals surface area contributed by atoms with Crippen LogP contribution in [0.5, 0.6) is 0 Å². The minimum atomic E-state index is 0.0520. The predicted octanol–water partition coefficient (Wildman–Crippen LogP) is 2.12. The van der Waals surface area contributed by atoms with E-state index in [2.05, 4.69) is 42.7 Å². The van der Waals surface area contributed by atoms with E-state index in [-0.39, 0.29) is 5.91 Å². The van der Waals surface area contributed by atoms with E-state index >= 15 is 0 Å². The summed E-state index contributed by atoms with van der Waals surface area (Å²) in [5.74, 6) is 0.0520. The molecule has 0 fully saturated rings. The summed E-state index contributed by atoms with van der Waals surface area (Å²) in [6, 6.07) is 6.27. The molecule has 1 aromatic rings. The summed E-state index contributed by atoms with van der Waals surface area (Å²) in [4.78, 5) is 11.5. The number of para-hydroxylation sites is 1. The standard InChI is InChI=1S/C15H24N2O2/c1-4-13-7-5-6-12(2)15(13)17-9-8-14(18)16-10-11-19-3/h5-7,17H,4,8-11H2,1-3H3,(H,16,18). The van der Waals surface area contributed by atoms with Crippen LogP contribution in [0.1, 0.15) is 24.5 Å². The number of anilines is 1. The van der Waals surface area contributed by atoms with Crippen LogP contribution < -0.4 is 10.6 Å². The van der Waals surface area contributed by atoms with Crippen molar-refractivity contribution in [2.75, 3.05) is 32.1 Å². The van der Waals surface area contributed by atoms with Gasteiger partial charge in [-0.05, 0) is 24.5 Å². The molecule has 0 aromatic heterocycles. The lowest BCUT2D eigenvalue weighted by atomic mass is 10.1. The molecule has 2 N–H and O–H groups in total. The van der Waals surface area contributed by atoms with Crippen molar-refractivity contribution in [2.45, 2.75) is 26.7 Å². The summed E-state index contributed by atoms with van der Waals surface area (Å²) in [6.45, 7) is 5.99. The van der Waals surface area contributed by atoms with Gasteiger partial charge in [0.05, 0.1) is 6.61 Å². The molecule has 106 valence electrons. The van der Waals surface area contributed by atoms with E-state index in [1.807, 2.05) is 0 Å². The second-order valence-corrected chi connectivity index (χ2v) is 4.48. The fraction of sp³-hybridized carbons (Fsp3) is 0.533. The van der Waals surface area contributed by atoms with Crippen molar-refractivity contribution in [1.82, 2.24) is 5.32 Å². The van der Waals surface area contributed by atoms with E-state index in [4.69, 9.17) is 4.74 Å². The van der Waals surface area contributed by atoms with Crippen LogP contribution in [-0.2, 0) is 16.0 Å². The van der Waals surface area contributed by atoms with Crippen LogP contribution in [0.25, 0.3) is 0 Å². The third kappa shape index (κ3) is 5.30. The van der Waals surface area contributed by atoms with Crippen LogP contribution in [0.3, 0.4) is 0 Å². The van der Waals surface area contributed by atoms with Crippen LogP contribution >= 0.6 is 0 Å². The summed E-state index contributed by atoms with van der Waals surface area (Å²) < 4.78 is 4.88. The Hall–Kier alpha value is -1.55. The van der Waals surface area contributed by atoms with Crippen LogP contribution in [0.15, 0.2) is 18.2 Å². The van der Waals surface area contributed by atoms with Crippen molar-refractivity contribution in [1.29, 1.82) is 0 Å². The lowest BCUT2D eigenvalue weighted by molar-refractivity contribution is -0.121. The fourth-order valence-corrected chi connectivity index (χ4v) is 1.96. The SMILES string of the molecule is CCc1cccc(C)c1NCCC(=O)NCCOC. The Morgan fingerprint density at radius 1 is 1.32 bits per heavy atom. The Balaban J connectivity index is 2.39. The van der Waals surface area contributed by atoms with Gasteiger partial charge in [0.2, 0.25) is 5.91 Å². The maximum atomic E-state index is 11.5. The third-order valence-electron chi connectivity index (χ3n) is 3.02. The zero-order valence-corrected chi connectivity index (χ0v) is 12.1. The van der Waals surface area contributed by atoms with Crippen molar-refractivity contribution in [3.63, 3.8) is 0 Å². The summed E-state index contributed by atoms with van der Waals surface area (Å²) >= 11 is 0. The molecule has 0 aliphatic carbocycles. The van der Waals surface area contributed by atoms with Gasteiger partial charge in [0.25, 0.3) is 0 Å². The first-order chi connectivity index (χ1) is 9.19. The number of hydrogen-bond acceptors (Lipinski definition) is 3. The van der Waals surface area contributed by atoms with Gasteiger partial charge >= 0.3 is 0 Å². The molecule has 1 rings (SSSR count). The van der Waals surface area contributed by atoms with E-state index in [9.17, 15) is 4.79 Å². The molecule has 4 heteroatoms. The summed E-state index contributed by atoms with van der Waals surface area (Å²) in [5, 5.41) is 6.17. The maximum absolute atomic E-state index is 11.5. The van der Waals surface area contributed by atoms with Crippen molar-refractivity contribution in [3.05, 3.63) is 29.3 Å². The van der Waals surface area contributed by atoms with E-state index in [0.29, 0.717) is 26.1 Å². The van der Waals surface area contributed by atoms with Gasteiger partial charge in [0.1, 0.15) is 0 Å². The molecule has 0 atom stereocenters. The van der Waals surface area contributed by atoms with Crippen molar-refractivity contribution in [2.24, 2.45) is 0 Å². The topological polar surface area (TPSA) is 50.4 Å². The van der Waals surface area contributed by atoms with Crippen LogP contribution in [0.4, 0.5) is 5.69 Å². The van der Waals surface area contributed by atoms with E-state index in [1.54, 1.807) is 7.11 Å². The Morgan fingerprint density at radius 2 is 2.11 bits per heavy atom.